The Balaban J connectivity index is 1.51. The Morgan fingerprint density at radius 2 is 1.74 bits per heavy atom. The second-order valence-electron chi connectivity index (χ2n) is 7.51. The first-order valence-corrected chi connectivity index (χ1v) is 11.1. The van der Waals surface area contributed by atoms with Crippen LogP contribution in [-0.2, 0) is 19.1 Å². The van der Waals surface area contributed by atoms with E-state index in [0.29, 0.717) is 43.1 Å². The second-order valence-corrected chi connectivity index (χ2v) is 7.89. The minimum atomic E-state index is -0.696. The van der Waals surface area contributed by atoms with E-state index in [0.717, 1.165) is 4.90 Å². The van der Waals surface area contributed by atoms with Crippen LogP contribution < -0.4 is 10.2 Å². The van der Waals surface area contributed by atoms with Gasteiger partial charge in [-0.3, -0.25) is 14.4 Å². The molecular formula is C24H22ClN3O6. The number of amides is 3. The van der Waals surface area contributed by atoms with Gasteiger partial charge in [-0.25, -0.2) is 9.69 Å². The summed E-state index contributed by atoms with van der Waals surface area (Å²) in [6, 6.07) is 12.5. The third-order valence-electron chi connectivity index (χ3n) is 5.34. The Morgan fingerprint density at radius 1 is 1.03 bits per heavy atom. The summed E-state index contributed by atoms with van der Waals surface area (Å²) in [4.78, 5) is 53.0. The van der Waals surface area contributed by atoms with E-state index < -0.39 is 17.8 Å². The molecule has 176 valence electrons. The molecule has 0 atom stereocenters. The summed E-state index contributed by atoms with van der Waals surface area (Å²) in [7, 11) is 0. The predicted molar refractivity (Wildman–Crippen MR) is 125 cm³/mol. The number of hydrogen-bond donors (Lipinski definition) is 1. The van der Waals surface area contributed by atoms with Crippen LogP contribution >= 0.6 is 11.6 Å². The zero-order valence-corrected chi connectivity index (χ0v) is 19.1. The van der Waals surface area contributed by atoms with E-state index in [1.54, 1.807) is 36.1 Å². The number of ether oxygens (including phenoxy) is 2. The molecule has 1 fully saturated rings. The molecule has 1 saturated heterocycles. The number of halogens is 1. The van der Waals surface area contributed by atoms with Crippen LogP contribution in [0.2, 0.25) is 0 Å². The molecule has 3 amide bonds. The van der Waals surface area contributed by atoms with Gasteiger partial charge in [0.1, 0.15) is 10.7 Å². The number of anilines is 2. The fourth-order valence-electron chi connectivity index (χ4n) is 3.63. The van der Waals surface area contributed by atoms with Crippen LogP contribution in [0.4, 0.5) is 11.4 Å². The lowest BCUT2D eigenvalue weighted by atomic mass is 10.1. The molecule has 10 heteroatoms. The molecule has 9 nitrogen and oxygen atoms in total. The number of benzene rings is 2. The normalized spacial score (nSPS) is 16.2. The molecule has 34 heavy (non-hydrogen) atoms. The fraction of sp³-hybridized carbons (Fsp3) is 0.250. The summed E-state index contributed by atoms with van der Waals surface area (Å²) in [6.45, 7) is 3.91. The van der Waals surface area contributed by atoms with E-state index in [2.05, 4.69) is 5.32 Å². The summed E-state index contributed by atoms with van der Waals surface area (Å²) >= 11 is 6.21. The summed E-state index contributed by atoms with van der Waals surface area (Å²) in [6.07, 6.45) is 0. The number of carbonyl (C=O) groups is 4. The van der Waals surface area contributed by atoms with Crippen LogP contribution in [0.25, 0.3) is 0 Å². The smallest absolute Gasteiger partial charge is 0.338 e. The lowest BCUT2D eigenvalue weighted by Crippen LogP contribution is -2.40. The van der Waals surface area contributed by atoms with E-state index in [1.165, 1.54) is 24.3 Å². The van der Waals surface area contributed by atoms with Gasteiger partial charge < -0.3 is 19.7 Å². The van der Waals surface area contributed by atoms with E-state index in [9.17, 15) is 19.2 Å². The molecule has 2 heterocycles. The van der Waals surface area contributed by atoms with Crippen molar-refractivity contribution in [3.63, 3.8) is 0 Å². The number of hydrogen-bond acceptors (Lipinski definition) is 7. The van der Waals surface area contributed by atoms with Crippen LogP contribution in [0, 0.1) is 0 Å². The van der Waals surface area contributed by atoms with Crippen molar-refractivity contribution < 1.29 is 28.7 Å². The van der Waals surface area contributed by atoms with Crippen molar-refractivity contribution in [2.45, 2.75) is 6.92 Å². The number of carbonyl (C=O) groups excluding carboxylic acids is 4. The van der Waals surface area contributed by atoms with Crippen molar-refractivity contribution in [1.82, 2.24) is 4.90 Å². The van der Waals surface area contributed by atoms with Crippen LogP contribution in [0.1, 0.15) is 27.6 Å². The van der Waals surface area contributed by atoms with Crippen molar-refractivity contribution >= 4 is 46.7 Å². The van der Waals surface area contributed by atoms with Gasteiger partial charge in [-0.2, -0.15) is 0 Å². The lowest BCUT2D eigenvalue weighted by molar-refractivity contribution is -0.120. The Labute approximate surface area is 200 Å². The molecule has 0 aromatic heterocycles. The van der Waals surface area contributed by atoms with E-state index in [4.69, 9.17) is 21.1 Å². The van der Waals surface area contributed by atoms with Gasteiger partial charge in [0, 0.05) is 24.3 Å². The highest BCUT2D eigenvalue weighted by atomic mass is 35.5. The molecule has 0 unspecified atom stereocenters. The fourth-order valence-corrected chi connectivity index (χ4v) is 3.84. The van der Waals surface area contributed by atoms with E-state index in [-0.39, 0.29) is 28.9 Å². The monoisotopic (exact) mass is 483 g/mol. The number of rotatable bonds is 6. The Kier molecular flexibility index (Phi) is 6.95. The molecule has 0 saturated carbocycles. The molecule has 1 N–H and O–H groups in total. The molecule has 4 rings (SSSR count). The molecular weight excluding hydrogens is 462 g/mol. The first-order chi connectivity index (χ1) is 16.4. The minimum absolute atomic E-state index is 0.0999. The molecule has 2 aromatic carbocycles. The molecule has 2 aliphatic rings. The van der Waals surface area contributed by atoms with Crippen LogP contribution in [-0.4, -0.2) is 61.5 Å². The Hall–Kier alpha value is -3.69. The molecule has 0 bridgehead atoms. The molecule has 0 aliphatic carbocycles. The maximum atomic E-state index is 13.0. The van der Waals surface area contributed by atoms with Crippen molar-refractivity contribution in [2.75, 3.05) is 43.1 Å². The van der Waals surface area contributed by atoms with Gasteiger partial charge in [-0.1, -0.05) is 17.7 Å². The summed E-state index contributed by atoms with van der Waals surface area (Å²) in [5, 5.41) is 2.61. The van der Waals surface area contributed by atoms with Gasteiger partial charge in [0.05, 0.1) is 31.1 Å². The third-order valence-corrected chi connectivity index (χ3v) is 5.69. The first kappa shape index (κ1) is 23.5. The van der Waals surface area contributed by atoms with Crippen molar-refractivity contribution in [3.05, 3.63) is 70.4 Å². The summed E-state index contributed by atoms with van der Waals surface area (Å²) in [5.74, 6) is -2.00. The first-order valence-electron chi connectivity index (χ1n) is 10.7. The van der Waals surface area contributed by atoms with Gasteiger partial charge >= 0.3 is 5.97 Å². The lowest BCUT2D eigenvalue weighted by Gasteiger charge is -2.27. The average molecular weight is 484 g/mol. The number of nitrogens with one attached hydrogen (secondary N) is 1. The highest BCUT2D eigenvalue weighted by Crippen LogP contribution is 2.30. The average Bonchev–Trinajstić information content (AvgIpc) is 3.07. The van der Waals surface area contributed by atoms with Crippen LogP contribution in [0.3, 0.4) is 0 Å². The zero-order valence-electron chi connectivity index (χ0n) is 18.4. The largest absolute Gasteiger partial charge is 0.462 e. The third kappa shape index (κ3) is 4.66. The molecule has 2 aliphatic heterocycles. The maximum Gasteiger partial charge on any atom is 0.338 e. The summed E-state index contributed by atoms with van der Waals surface area (Å²) < 4.78 is 10.2. The number of imide groups is 1. The van der Waals surface area contributed by atoms with E-state index in [1.807, 2.05) is 0 Å². The number of nitrogens with zero attached hydrogens (tertiary/aromatic N) is 2. The van der Waals surface area contributed by atoms with Crippen molar-refractivity contribution in [3.8, 4) is 0 Å². The predicted octanol–water partition coefficient (Wildman–Crippen LogP) is 2.77. The standard InChI is InChI=1S/C24H22ClN3O6/c1-2-34-24(32)15-6-8-18(9-7-15)28-22(30)19(25)20(23(28)31)26-17-5-3-4-16(14-17)21(29)27-10-12-33-13-11-27/h3-9,14,26H,2,10-13H2,1H3. The SMILES string of the molecule is CCOC(=O)c1ccc(N2C(=O)C(Cl)=C(Nc3cccc(C(=O)N4CCOCC4)c3)C2=O)cc1. The molecule has 0 spiro atoms. The van der Waals surface area contributed by atoms with Gasteiger partial charge in [0.2, 0.25) is 0 Å². The highest BCUT2D eigenvalue weighted by Gasteiger charge is 2.39. The topological polar surface area (TPSA) is 105 Å². The zero-order chi connectivity index (χ0) is 24.2. The van der Waals surface area contributed by atoms with Gasteiger partial charge in [-0.15, -0.1) is 0 Å². The Morgan fingerprint density at radius 3 is 2.41 bits per heavy atom. The second kappa shape index (κ2) is 10.1. The molecule has 0 radical (unpaired) electrons. The molecule has 2 aromatic rings. The minimum Gasteiger partial charge on any atom is -0.462 e. The Bertz CT molecular complexity index is 1170. The van der Waals surface area contributed by atoms with Gasteiger partial charge in [0.25, 0.3) is 17.7 Å². The highest BCUT2D eigenvalue weighted by molar-refractivity contribution is 6.53. The van der Waals surface area contributed by atoms with Crippen LogP contribution in [0.5, 0.6) is 0 Å². The maximum absolute atomic E-state index is 13.0. The van der Waals surface area contributed by atoms with E-state index >= 15 is 0 Å². The van der Waals surface area contributed by atoms with Crippen LogP contribution in [0.15, 0.2) is 59.3 Å². The summed E-state index contributed by atoms with van der Waals surface area (Å²) in [5.41, 5.74) is 1.33. The number of morpholine rings is 1. The number of esters is 1. The van der Waals surface area contributed by atoms with Crippen molar-refractivity contribution in [1.29, 1.82) is 0 Å². The van der Waals surface area contributed by atoms with Crippen molar-refractivity contribution in [2.24, 2.45) is 0 Å². The van der Waals surface area contributed by atoms with Gasteiger partial charge in [0.15, 0.2) is 0 Å². The quantitative estimate of drug-likeness (QED) is 0.497. The van der Waals surface area contributed by atoms with Gasteiger partial charge in [-0.05, 0) is 49.4 Å².